The normalized spacial score (nSPS) is 12.2. The van der Waals surface area contributed by atoms with Gasteiger partial charge in [0.1, 0.15) is 11.9 Å². The summed E-state index contributed by atoms with van der Waals surface area (Å²) in [6.45, 7) is 13.8. The van der Waals surface area contributed by atoms with Crippen LogP contribution < -0.4 is 16.0 Å². The van der Waals surface area contributed by atoms with E-state index >= 15 is 0 Å². The quantitative estimate of drug-likeness (QED) is 0.195. The van der Waals surface area contributed by atoms with Crippen molar-refractivity contribution in [1.29, 1.82) is 0 Å². The van der Waals surface area contributed by atoms with Gasteiger partial charge in [0.25, 0.3) is 5.91 Å². The molecule has 1 atom stereocenters. The molecule has 0 bridgehead atoms. The monoisotopic (exact) mass is 528 g/mol. The lowest BCUT2D eigenvalue weighted by Gasteiger charge is -2.23. The number of rotatable bonds is 20. The number of amides is 2. The second-order valence-corrected chi connectivity index (χ2v) is 9.91. The van der Waals surface area contributed by atoms with Crippen molar-refractivity contribution in [3.8, 4) is 0 Å². The summed E-state index contributed by atoms with van der Waals surface area (Å²) in [7, 11) is 0. The lowest BCUT2D eigenvalue weighted by atomic mass is 10.1. The van der Waals surface area contributed by atoms with Crippen LogP contribution in [0, 0.1) is 0 Å². The van der Waals surface area contributed by atoms with E-state index in [1.54, 1.807) is 12.4 Å². The first-order valence-corrected chi connectivity index (χ1v) is 14.1. The van der Waals surface area contributed by atoms with E-state index in [1.807, 2.05) is 38.1 Å². The second-order valence-electron chi connectivity index (χ2n) is 9.91. The van der Waals surface area contributed by atoms with Crippen LogP contribution >= 0.6 is 0 Å². The highest BCUT2D eigenvalue weighted by atomic mass is 16.5. The summed E-state index contributed by atoms with van der Waals surface area (Å²) in [5.74, 6) is 0.506. The molecule has 38 heavy (non-hydrogen) atoms. The van der Waals surface area contributed by atoms with Crippen LogP contribution in [0.2, 0.25) is 0 Å². The number of hydrogen-bond acceptors (Lipinski definition) is 6. The first-order valence-electron chi connectivity index (χ1n) is 14.1. The number of aromatic amines is 1. The highest BCUT2D eigenvalue weighted by Crippen LogP contribution is 2.08. The molecule has 1 heterocycles. The Balaban J connectivity index is 1.90. The second kappa shape index (κ2) is 18.5. The Hall–Kier alpha value is -2.75. The number of imidazole rings is 1. The molecule has 4 N–H and O–H groups in total. The van der Waals surface area contributed by atoms with Crippen molar-refractivity contribution in [1.82, 2.24) is 30.8 Å². The number of nitrogens with zero attached hydrogens (tertiary/aromatic N) is 2. The zero-order valence-electron chi connectivity index (χ0n) is 23.7. The molecular formula is C29H48N6O3. The molecule has 1 aromatic heterocycles. The third-order valence-corrected chi connectivity index (χ3v) is 6.13. The molecule has 0 aliphatic carbocycles. The summed E-state index contributed by atoms with van der Waals surface area (Å²) in [5.41, 5.74) is 1.61. The van der Waals surface area contributed by atoms with E-state index in [0.717, 1.165) is 56.7 Å². The highest BCUT2D eigenvalue weighted by molar-refractivity contribution is 5.97. The van der Waals surface area contributed by atoms with Crippen molar-refractivity contribution in [2.75, 3.05) is 32.8 Å². The Labute approximate surface area is 228 Å². The minimum Gasteiger partial charge on any atom is -0.379 e. The SMILES string of the molecule is CCCN(CCC)CCC[C@H](NC(=O)c1ccc(CNCc2ncc[nH]2)cc1)C(=O)NCCCOC(C)C. The maximum atomic E-state index is 13.0. The fourth-order valence-electron chi connectivity index (χ4n) is 4.22. The number of aromatic nitrogens is 2. The number of carbonyl (C=O) groups is 2. The Morgan fingerprint density at radius 2 is 1.76 bits per heavy atom. The molecule has 0 saturated heterocycles. The van der Waals surface area contributed by atoms with Crippen LogP contribution in [0.1, 0.15) is 81.5 Å². The van der Waals surface area contributed by atoms with Crippen LogP contribution in [-0.2, 0) is 22.6 Å². The van der Waals surface area contributed by atoms with E-state index < -0.39 is 6.04 Å². The minimum absolute atomic E-state index is 0.140. The van der Waals surface area contributed by atoms with Gasteiger partial charge in [-0.2, -0.15) is 0 Å². The molecule has 9 heteroatoms. The lowest BCUT2D eigenvalue weighted by molar-refractivity contribution is -0.123. The van der Waals surface area contributed by atoms with Crippen LogP contribution in [0.3, 0.4) is 0 Å². The smallest absolute Gasteiger partial charge is 0.251 e. The number of H-pyrrole nitrogens is 1. The van der Waals surface area contributed by atoms with E-state index in [-0.39, 0.29) is 17.9 Å². The largest absolute Gasteiger partial charge is 0.379 e. The van der Waals surface area contributed by atoms with Gasteiger partial charge in [0.15, 0.2) is 0 Å². The van der Waals surface area contributed by atoms with E-state index in [1.165, 1.54) is 0 Å². The van der Waals surface area contributed by atoms with Gasteiger partial charge in [-0.1, -0.05) is 26.0 Å². The molecule has 0 spiro atoms. The van der Waals surface area contributed by atoms with Crippen molar-refractivity contribution < 1.29 is 14.3 Å². The summed E-state index contributed by atoms with van der Waals surface area (Å²) < 4.78 is 5.56. The summed E-state index contributed by atoms with van der Waals surface area (Å²) >= 11 is 0. The van der Waals surface area contributed by atoms with Crippen LogP contribution in [-0.4, -0.2) is 71.6 Å². The molecule has 212 valence electrons. The van der Waals surface area contributed by atoms with Gasteiger partial charge in [-0.25, -0.2) is 4.98 Å². The van der Waals surface area contributed by atoms with Gasteiger partial charge in [0, 0.05) is 37.7 Å². The minimum atomic E-state index is -0.576. The van der Waals surface area contributed by atoms with Crippen LogP contribution in [0.4, 0.5) is 0 Å². The van der Waals surface area contributed by atoms with Gasteiger partial charge in [0.2, 0.25) is 5.91 Å². The Kier molecular flexibility index (Phi) is 15.3. The van der Waals surface area contributed by atoms with Crippen molar-refractivity contribution in [3.63, 3.8) is 0 Å². The van der Waals surface area contributed by atoms with Crippen molar-refractivity contribution in [2.24, 2.45) is 0 Å². The standard InChI is InChI=1S/C29H48N6O3/c1-5-17-35(18-6-2)19-7-9-26(29(37)33-14-8-20-38-23(3)4)34-28(36)25-12-10-24(11-13-25)21-30-22-27-31-15-16-32-27/h10-13,15-16,23,26,30H,5-9,14,17-22H2,1-4H3,(H,31,32)(H,33,37)(H,34,36)/t26-/m0/s1. The number of benzene rings is 1. The van der Waals surface area contributed by atoms with Crippen LogP contribution in [0.5, 0.6) is 0 Å². The average Bonchev–Trinajstić information content (AvgIpc) is 3.42. The molecule has 0 aliphatic heterocycles. The third kappa shape index (κ3) is 12.7. The number of hydrogen-bond donors (Lipinski definition) is 4. The van der Waals surface area contributed by atoms with E-state index in [2.05, 4.69) is 44.7 Å². The molecule has 0 fully saturated rings. The maximum absolute atomic E-state index is 13.0. The molecule has 1 aromatic carbocycles. The average molecular weight is 529 g/mol. The first kappa shape index (κ1) is 31.5. The molecule has 0 radical (unpaired) electrons. The van der Waals surface area contributed by atoms with Crippen molar-refractivity contribution in [3.05, 3.63) is 53.6 Å². The molecule has 2 aromatic rings. The van der Waals surface area contributed by atoms with Crippen LogP contribution in [0.15, 0.2) is 36.7 Å². The predicted octanol–water partition coefficient (Wildman–Crippen LogP) is 3.63. The molecule has 0 unspecified atom stereocenters. The zero-order chi connectivity index (χ0) is 27.6. The van der Waals surface area contributed by atoms with E-state index in [9.17, 15) is 9.59 Å². The first-order chi connectivity index (χ1) is 18.4. The zero-order valence-corrected chi connectivity index (χ0v) is 23.7. The summed E-state index contributed by atoms with van der Waals surface area (Å²) in [5, 5.41) is 9.29. The predicted molar refractivity (Wildman–Crippen MR) is 152 cm³/mol. The van der Waals surface area contributed by atoms with Gasteiger partial charge < -0.3 is 30.6 Å². The Bertz CT molecular complexity index is 896. The number of carbonyl (C=O) groups excluding carboxylic acids is 2. The maximum Gasteiger partial charge on any atom is 0.251 e. The fraction of sp³-hybridized carbons (Fsp3) is 0.621. The number of nitrogens with one attached hydrogen (secondary N) is 4. The molecule has 0 saturated carbocycles. The summed E-state index contributed by atoms with van der Waals surface area (Å²) in [6, 6.07) is 6.90. The van der Waals surface area contributed by atoms with Gasteiger partial charge >= 0.3 is 0 Å². The molecular weight excluding hydrogens is 480 g/mol. The van der Waals surface area contributed by atoms with Gasteiger partial charge in [0.05, 0.1) is 12.6 Å². The van der Waals surface area contributed by atoms with Gasteiger partial charge in [-0.05, 0) is 83.3 Å². The Morgan fingerprint density at radius 1 is 1.03 bits per heavy atom. The van der Waals surface area contributed by atoms with Crippen molar-refractivity contribution in [2.45, 2.75) is 85.0 Å². The number of ether oxygens (including phenoxy) is 1. The van der Waals surface area contributed by atoms with Gasteiger partial charge in [-0.15, -0.1) is 0 Å². The molecule has 2 amide bonds. The Morgan fingerprint density at radius 3 is 2.39 bits per heavy atom. The topological polar surface area (TPSA) is 111 Å². The summed E-state index contributed by atoms with van der Waals surface area (Å²) in [4.78, 5) is 35.7. The third-order valence-electron chi connectivity index (χ3n) is 6.13. The van der Waals surface area contributed by atoms with E-state index in [0.29, 0.717) is 38.2 Å². The van der Waals surface area contributed by atoms with Crippen LogP contribution in [0.25, 0.3) is 0 Å². The summed E-state index contributed by atoms with van der Waals surface area (Å²) in [6.07, 6.45) is 8.08. The van der Waals surface area contributed by atoms with Crippen molar-refractivity contribution >= 4 is 11.8 Å². The van der Waals surface area contributed by atoms with Gasteiger partial charge in [-0.3, -0.25) is 9.59 Å². The molecule has 2 rings (SSSR count). The highest BCUT2D eigenvalue weighted by Gasteiger charge is 2.21. The fourth-order valence-corrected chi connectivity index (χ4v) is 4.22. The molecule has 0 aliphatic rings. The lowest BCUT2D eigenvalue weighted by Crippen LogP contribution is -2.47. The molecule has 9 nitrogen and oxygen atoms in total. The van der Waals surface area contributed by atoms with E-state index in [4.69, 9.17) is 4.74 Å².